The van der Waals surface area contributed by atoms with Gasteiger partial charge in [0.2, 0.25) is 5.78 Å². The Kier molecular flexibility index (Phi) is 3.99. The summed E-state index contributed by atoms with van der Waals surface area (Å²) in [5.41, 5.74) is 0. The van der Waals surface area contributed by atoms with E-state index in [1.807, 2.05) is 5.38 Å². The lowest BCUT2D eigenvalue weighted by atomic mass is 10.3. The molecule has 0 unspecified atom stereocenters. The number of rotatable bonds is 3. The second-order valence-electron chi connectivity index (χ2n) is 2.66. The smallest absolute Gasteiger partial charge is 0.337 e. The Morgan fingerprint density at radius 2 is 2.33 bits per heavy atom. The van der Waals surface area contributed by atoms with Crippen molar-refractivity contribution < 1.29 is 9.59 Å². The van der Waals surface area contributed by atoms with Gasteiger partial charge in [-0.15, -0.1) is 11.3 Å². The average Bonchev–Trinajstić information content (AvgIpc) is 2.77. The number of carbonyl (C=O) groups is 2. The normalized spacial score (nSPS) is 10.3. The van der Waals surface area contributed by atoms with Crippen molar-refractivity contribution in [1.82, 2.24) is 10.3 Å². The Morgan fingerprint density at radius 3 is 2.87 bits per heavy atom. The summed E-state index contributed by atoms with van der Waals surface area (Å²) in [6.07, 6.45) is 1.13. The molecule has 0 saturated heterocycles. The zero-order valence-electron chi connectivity index (χ0n) is 8.43. The van der Waals surface area contributed by atoms with Crippen LogP contribution in [0.3, 0.4) is 0 Å². The van der Waals surface area contributed by atoms with Crippen molar-refractivity contribution in [2.45, 2.75) is 0 Å². The van der Waals surface area contributed by atoms with Gasteiger partial charge in [0.05, 0.1) is 11.1 Å². The van der Waals surface area contributed by atoms with Crippen LogP contribution in [0, 0.1) is 0 Å². The van der Waals surface area contributed by atoms with Gasteiger partial charge in [0, 0.05) is 14.1 Å². The number of hydrazone groups is 1. The fourth-order valence-corrected chi connectivity index (χ4v) is 1.47. The largest absolute Gasteiger partial charge is 0.340 e. The summed E-state index contributed by atoms with van der Waals surface area (Å²) in [6.45, 7) is 0. The number of nitrogens with zero attached hydrogens (tertiary/aromatic N) is 2. The van der Waals surface area contributed by atoms with Crippen LogP contribution in [0.15, 0.2) is 22.6 Å². The average molecular weight is 225 g/mol. The molecule has 0 saturated carbocycles. The minimum atomic E-state index is -0.370. The van der Waals surface area contributed by atoms with Gasteiger partial charge in [-0.25, -0.2) is 9.80 Å². The van der Waals surface area contributed by atoms with Crippen LogP contribution in [-0.2, 0) is 0 Å². The third-order valence-electron chi connectivity index (χ3n) is 1.62. The SMILES string of the molecule is CNC(=O)N(C)/N=C/C(=O)c1cccs1. The standard InChI is InChI=1S/C9H11N3O2S/c1-10-9(14)12(2)11-6-7(13)8-4-3-5-15-8/h3-6H,1-2H3,(H,10,14)/b11-6+. The van der Waals surface area contributed by atoms with E-state index in [2.05, 4.69) is 10.4 Å². The number of thiophene rings is 1. The highest BCUT2D eigenvalue weighted by Gasteiger charge is 2.05. The summed E-state index contributed by atoms with van der Waals surface area (Å²) in [5.74, 6) is -0.208. The van der Waals surface area contributed by atoms with E-state index in [1.165, 1.54) is 25.4 Å². The van der Waals surface area contributed by atoms with Gasteiger partial charge in [-0.1, -0.05) is 6.07 Å². The van der Waals surface area contributed by atoms with Gasteiger partial charge in [0.15, 0.2) is 0 Å². The molecule has 0 fully saturated rings. The Morgan fingerprint density at radius 1 is 1.60 bits per heavy atom. The lowest BCUT2D eigenvalue weighted by molar-refractivity contribution is 0.107. The van der Waals surface area contributed by atoms with E-state index >= 15 is 0 Å². The van der Waals surface area contributed by atoms with Gasteiger partial charge in [-0.05, 0) is 11.4 Å². The van der Waals surface area contributed by atoms with E-state index in [0.717, 1.165) is 11.2 Å². The predicted molar refractivity (Wildman–Crippen MR) is 59.4 cm³/mol. The molecule has 0 aliphatic carbocycles. The first-order valence-electron chi connectivity index (χ1n) is 4.22. The third kappa shape index (κ3) is 3.17. The van der Waals surface area contributed by atoms with Crippen molar-refractivity contribution in [3.05, 3.63) is 22.4 Å². The zero-order chi connectivity index (χ0) is 11.3. The van der Waals surface area contributed by atoms with Crippen LogP contribution >= 0.6 is 11.3 Å². The van der Waals surface area contributed by atoms with E-state index in [0.29, 0.717) is 4.88 Å². The lowest BCUT2D eigenvalue weighted by Gasteiger charge is -2.08. The molecular weight excluding hydrogens is 214 g/mol. The number of Topliss-reactive ketones (excluding diaryl/α,β-unsaturated/α-hetero) is 1. The number of hydrogen-bond acceptors (Lipinski definition) is 4. The van der Waals surface area contributed by atoms with Crippen LogP contribution in [0.2, 0.25) is 0 Å². The highest BCUT2D eigenvalue weighted by molar-refractivity contribution is 7.12. The highest BCUT2D eigenvalue weighted by atomic mass is 32.1. The number of ketones is 1. The molecule has 2 amide bonds. The fourth-order valence-electron chi connectivity index (χ4n) is 0.836. The maximum absolute atomic E-state index is 11.4. The second-order valence-corrected chi connectivity index (χ2v) is 3.61. The maximum Gasteiger partial charge on any atom is 0.337 e. The number of nitrogens with one attached hydrogen (secondary N) is 1. The van der Waals surface area contributed by atoms with Crippen molar-refractivity contribution in [3.63, 3.8) is 0 Å². The quantitative estimate of drug-likeness (QED) is 0.477. The molecule has 0 aromatic carbocycles. The second kappa shape index (κ2) is 5.26. The number of urea groups is 1. The van der Waals surface area contributed by atoms with Crippen molar-refractivity contribution in [1.29, 1.82) is 0 Å². The third-order valence-corrected chi connectivity index (χ3v) is 2.50. The molecule has 15 heavy (non-hydrogen) atoms. The Bertz CT molecular complexity index is 373. The predicted octanol–water partition coefficient (Wildman–Crippen LogP) is 1.19. The molecule has 0 spiro atoms. The number of hydrogen-bond donors (Lipinski definition) is 1. The van der Waals surface area contributed by atoms with Gasteiger partial charge in [-0.3, -0.25) is 4.79 Å². The van der Waals surface area contributed by atoms with Gasteiger partial charge in [-0.2, -0.15) is 5.10 Å². The van der Waals surface area contributed by atoms with Crippen LogP contribution in [0.1, 0.15) is 9.67 Å². The van der Waals surface area contributed by atoms with Crippen molar-refractivity contribution in [2.24, 2.45) is 5.10 Å². The summed E-state index contributed by atoms with van der Waals surface area (Å²) < 4.78 is 0. The van der Waals surface area contributed by atoms with E-state index in [9.17, 15) is 9.59 Å². The molecule has 0 bridgehead atoms. The summed E-state index contributed by atoms with van der Waals surface area (Å²) in [4.78, 5) is 23.0. The van der Waals surface area contributed by atoms with Crippen LogP contribution in [0.5, 0.6) is 0 Å². The van der Waals surface area contributed by atoms with Crippen LogP contribution in [0.25, 0.3) is 0 Å². The molecule has 1 heterocycles. The summed E-state index contributed by atoms with van der Waals surface area (Å²) in [5, 5.41) is 8.96. The maximum atomic E-state index is 11.4. The molecule has 0 atom stereocenters. The van der Waals surface area contributed by atoms with Crippen molar-refractivity contribution in [2.75, 3.05) is 14.1 Å². The first-order chi connectivity index (χ1) is 7.15. The minimum Gasteiger partial charge on any atom is -0.340 e. The van der Waals surface area contributed by atoms with Crippen molar-refractivity contribution in [3.8, 4) is 0 Å². The molecule has 0 aliphatic heterocycles. The van der Waals surface area contributed by atoms with E-state index < -0.39 is 0 Å². The van der Waals surface area contributed by atoms with E-state index in [-0.39, 0.29) is 11.8 Å². The zero-order valence-corrected chi connectivity index (χ0v) is 9.25. The molecule has 5 nitrogen and oxygen atoms in total. The minimum absolute atomic E-state index is 0.208. The van der Waals surface area contributed by atoms with Crippen LogP contribution in [-0.4, -0.2) is 37.1 Å². The molecule has 1 N–H and O–H groups in total. The molecular formula is C9H11N3O2S. The monoisotopic (exact) mass is 225 g/mol. The molecule has 80 valence electrons. The molecule has 1 aromatic heterocycles. The summed E-state index contributed by atoms with van der Waals surface area (Å²) >= 11 is 1.34. The molecule has 0 aliphatic rings. The van der Waals surface area contributed by atoms with Gasteiger partial charge < -0.3 is 5.32 Å². The highest BCUT2D eigenvalue weighted by Crippen LogP contribution is 2.07. The van der Waals surface area contributed by atoms with Crippen LogP contribution < -0.4 is 5.32 Å². The Balaban J connectivity index is 2.59. The molecule has 1 rings (SSSR count). The Labute approximate surface area is 91.4 Å². The summed E-state index contributed by atoms with van der Waals surface area (Å²) in [7, 11) is 2.96. The van der Waals surface area contributed by atoms with Gasteiger partial charge in [0.1, 0.15) is 0 Å². The summed E-state index contributed by atoms with van der Waals surface area (Å²) in [6, 6.07) is 3.12. The first kappa shape index (κ1) is 11.4. The number of amides is 2. The fraction of sp³-hybridized carbons (Fsp3) is 0.222. The first-order valence-corrected chi connectivity index (χ1v) is 5.10. The number of carbonyl (C=O) groups excluding carboxylic acids is 2. The Hall–Kier alpha value is -1.69. The molecule has 0 radical (unpaired) electrons. The van der Waals surface area contributed by atoms with Crippen molar-refractivity contribution >= 4 is 29.4 Å². The van der Waals surface area contributed by atoms with Gasteiger partial charge >= 0.3 is 6.03 Å². The van der Waals surface area contributed by atoms with E-state index in [4.69, 9.17) is 0 Å². The van der Waals surface area contributed by atoms with Gasteiger partial charge in [0.25, 0.3) is 0 Å². The van der Waals surface area contributed by atoms with Crippen LogP contribution in [0.4, 0.5) is 4.79 Å². The topological polar surface area (TPSA) is 61.8 Å². The van der Waals surface area contributed by atoms with E-state index in [1.54, 1.807) is 12.1 Å². The molecule has 6 heteroatoms. The lowest BCUT2D eigenvalue weighted by Crippen LogP contribution is -2.31. The molecule has 1 aromatic rings.